The lowest BCUT2D eigenvalue weighted by molar-refractivity contribution is -0.160. The Hall–Kier alpha value is -1.50. The molecule has 2 heterocycles. The summed E-state index contributed by atoms with van der Waals surface area (Å²) in [5.41, 5.74) is 1.67. The standard InChI is InChI=1S/C17H27N3O3/c1-14-15(6-5-7-18-14)11-20-8-9-23-17(12-20,13-22-4)10-16(21)19(2)3/h5-7H,8-13H2,1-4H3/t17-/m0/s1. The zero-order chi connectivity index (χ0) is 16.9. The molecule has 0 N–H and O–H groups in total. The van der Waals surface area contributed by atoms with Gasteiger partial charge in [0.1, 0.15) is 5.60 Å². The molecule has 1 aliphatic heterocycles. The van der Waals surface area contributed by atoms with Crippen LogP contribution in [0.4, 0.5) is 0 Å². The molecular formula is C17H27N3O3. The molecule has 1 amide bonds. The van der Waals surface area contributed by atoms with Crippen molar-refractivity contribution < 1.29 is 14.3 Å². The monoisotopic (exact) mass is 321 g/mol. The van der Waals surface area contributed by atoms with Crippen LogP contribution in [0.5, 0.6) is 0 Å². The summed E-state index contributed by atoms with van der Waals surface area (Å²) in [4.78, 5) is 20.4. The van der Waals surface area contributed by atoms with Gasteiger partial charge in [0.05, 0.1) is 19.6 Å². The molecule has 0 radical (unpaired) electrons. The van der Waals surface area contributed by atoms with Gasteiger partial charge in [-0.1, -0.05) is 6.07 Å². The summed E-state index contributed by atoms with van der Waals surface area (Å²) in [5, 5.41) is 0. The lowest BCUT2D eigenvalue weighted by Crippen LogP contribution is -2.55. The number of aryl methyl sites for hydroxylation is 1. The lowest BCUT2D eigenvalue weighted by atomic mass is 9.96. The van der Waals surface area contributed by atoms with E-state index in [2.05, 4.69) is 16.0 Å². The molecule has 1 aliphatic rings. The van der Waals surface area contributed by atoms with Crippen molar-refractivity contribution in [2.45, 2.75) is 25.5 Å². The number of hydrogen-bond donors (Lipinski definition) is 0. The van der Waals surface area contributed by atoms with Gasteiger partial charge in [-0.2, -0.15) is 0 Å². The van der Waals surface area contributed by atoms with E-state index in [1.54, 1.807) is 26.1 Å². The van der Waals surface area contributed by atoms with Gasteiger partial charge in [0.2, 0.25) is 5.91 Å². The van der Waals surface area contributed by atoms with E-state index in [0.29, 0.717) is 26.2 Å². The van der Waals surface area contributed by atoms with Crippen molar-refractivity contribution in [3.63, 3.8) is 0 Å². The third-order valence-electron chi connectivity index (χ3n) is 4.22. The van der Waals surface area contributed by atoms with Crippen LogP contribution in [-0.2, 0) is 20.8 Å². The molecular weight excluding hydrogens is 294 g/mol. The van der Waals surface area contributed by atoms with E-state index in [4.69, 9.17) is 9.47 Å². The van der Waals surface area contributed by atoms with E-state index < -0.39 is 5.60 Å². The van der Waals surface area contributed by atoms with Gasteiger partial charge in [-0.25, -0.2) is 0 Å². The highest BCUT2D eigenvalue weighted by molar-refractivity contribution is 5.76. The zero-order valence-electron chi connectivity index (χ0n) is 14.5. The second-order valence-corrected chi connectivity index (χ2v) is 6.39. The Morgan fingerprint density at radius 1 is 1.52 bits per heavy atom. The Balaban J connectivity index is 2.09. The maximum Gasteiger partial charge on any atom is 0.225 e. The first-order valence-electron chi connectivity index (χ1n) is 7.92. The summed E-state index contributed by atoms with van der Waals surface area (Å²) >= 11 is 0. The van der Waals surface area contributed by atoms with Gasteiger partial charge < -0.3 is 14.4 Å². The zero-order valence-corrected chi connectivity index (χ0v) is 14.5. The molecule has 0 aromatic carbocycles. The Morgan fingerprint density at radius 3 is 2.96 bits per heavy atom. The quantitative estimate of drug-likeness (QED) is 0.785. The minimum absolute atomic E-state index is 0.0569. The van der Waals surface area contributed by atoms with Crippen LogP contribution < -0.4 is 0 Å². The van der Waals surface area contributed by atoms with E-state index in [1.165, 1.54) is 5.56 Å². The Morgan fingerprint density at radius 2 is 2.30 bits per heavy atom. The molecule has 0 spiro atoms. The highest BCUT2D eigenvalue weighted by Gasteiger charge is 2.39. The molecule has 6 nitrogen and oxygen atoms in total. The first-order chi connectivity index (χ1) is 11.0. The Labute approximate surface area is 138 Å². The number of carbonyl (C=O) groups is 1. The lowest BCUT2D eigenvalue weighted by Gasteiger charge is -2.42. The fourth-order valence-corrected chi connectivity index (χ4v) is 2.93. The highest BCUT2D eigenvalue weighted by Crippen LogP contribution is 2.25. The first kappa shape index (κ1) is 17.8. The average Bonchev–Trinajstić information content (AvgIpc) is 2.50. The van der Waals surface area contributed by atoms with Gasteiger partial charge in [0.15, 0.2) is 0 Å². The number of nitrogens with zero attached hydrogens (tertiary/aromatic N) is 3. The largest absolute Gasteiger partial charge is 0.382 e. The number of rotatable bonds is 6. The molecule has 6 heteroatoms. The maximum atomic E-state index is 12.2. The van der Waals surface area contributed by atoms with Gasteiger partial charge in [-0.05, 0) is 18.6 Å². The number of amides is 1. The van der Waals surface area contributed by atoms with Crippen molar-refractivity contribution in [1.29, 1.82) is 0 Å². The molecule has 0 unspecified atom stereocenters. The summed E-state index contributed by atoms with van der Waals surface area (Å²) in [6.07, 6.45) is 2.14. The SMILES string of the molecule is COC[C@]1(CC(=O)N(C)C)CN(Cc2cccnc2C)CCO1. The number of pyridine rings is 1. The van der Waals surface area contributed by atoms with E-state index in [1.807, 2.05) is 19.2 Å². The third-order valence-corrected chi connectivity index (χ3v) is 4.22. The van der Waals surface area contributed by atoms with Gasteiger partial charge in [-0.3, -0.25) is 14.7 Å². The number of hydrogen-bond acceptors (Lipinski definition) is 5. The maximum absolute atomic E-state index is 12.2. The average molecular weight is 321 g/mol. The van der Waals surface area contributed by atoms with Crippen molar-refractivity contribution in [2.75, 3.05) is 47.5 Å². The summed E-state index contributed by atoms with van der Waals surface area (Å²) in [6, 6.07) is 4.06. The van der Waals surface area contributed by atoms with Gasteiger partial charge in [0, 0.05) is 52.7 Å². The molecule has 23 heavy (non-hydrogen) atoms. The fraction of sp³-hybridized carbons (Fsp3) is 0.647. The Bertz CT molecular complexity index is 532. The summed E-state index contributed by atoms with van der Waals surface area (Å²) in [6.45, 7) is 5.36. The second kappa shape index (κ2) is 7.86. The molecule has 1 fully saturated rings. The predicted molar refractivity (Wildman–Crippen MR) is 88.1 cm³/mol. The van der Waals surface area contributed by atoms with E-state index >= 15 is 0 Å². The van der Waals surface area contributed by atoms with Gasteiger partial charge >= 0.3 is 0 Å². The second-order valence-electron chi connectivity index (χ2n) is 6.39. The molecule has 2 rings (SSSR count). The molecule has 1 saturated heterocycles. The smallest absolute Gasteiger partial charge is 0.225 e. The van der Waals surface area contributed by atoms with Crippen molar-refractivity contribution in [1.82, 2.24) is 14.8 Å². The molecule has 1 aromatic heterocycles. The van der Waals surface area contributed by atoms with Crippen LogP contribution in [0.1, 0.15) is 17.7 Å². The van der Waals surface area contributed by atoms with Gasteiger partial charge in [-0.15, -0.1) is 0 Å². The molecule has 128 valence electrons. The van der Waals surface area contributed by atoms with Crippen LogP contribution in [0.15, 0.2) is 18.3 Å². The third kappa shape index (κ3) is 4.73. The normalized spacial score (nSPS) is 22.1. The summed E-state index contributed by atoms with van der Waals surface area (Å²) < 4.78 is 11.3. The highest BCUT2D eigenvalue weighted by atomic mass is 16.5. The number of carbonyl (C=O) groups excluding carboxylic acids is 1. The van der Waals surface area contributed by atoms with Crippen molar-refractivity contribution in [2.24, 2.45) is 0 Å². The number of methoxy groups -OCH3 is 1. The molecule has 0 saturated carbocycles. The van der Waals surface area contributed by atoms with Crippen molar-refractivity contribution in [3.05, 3.63) is 29.6 Å². The van der Waals surface area contributed by atoms with Crippen LogP contribution >= 0.6 is 0 Å². The van der Waals surface area contributed by atoms with E-state index in [9.17, 15) is 4.79 Å². The number of aromatic nitrogens is 1. The topological polar surface area (TPSA) is 54.9 Å². The van der Waals surface area contributed by atoms with Crippen LogP contribution in [0.25, 0.3) is 0 Å². The minimum Gasteiger partial charge on any atom is -0.382 e. The number of ether oxygens (including phenoxy) is 2. The van der Waals surface area contributed by atoms with Crippen molar-refractivity contribution in [3.8, 4) is 0 Å². The fourth-order valence-electron chi connectivity index (χ4n) is 2.93. The summed E-state index contributed by atoms with van der Waals surface area (Å²) in [7, 11) is 5.18. The first-order valence-corrected chi connectivity index (χ1v) is 7.92. The Kier molecular flexibility index (Phi) is 6.10. The van der Waals surface area contributed by atoms with Crippen LogP contribution in [0.2, 0.25) is 0 Å². The van der Waals surface area contributed by atoms with Crippen LogP contribution in [-0.4, -0.2) is 73.8 Å². The van der Waals surface area contributed by atoms with Crippen LogP contribution in [0, 0.1) is 6.92 Å². The van der Waals surface area contributed by atoms with E-state index in [0.717, 1.165) is 18.8 Å². The minimum atomic E-state index is -0.579. The molecule has 0 bridgehead atoms. The van der Waals surface area contributed by atoms with Crippen molar-refractivity contribution >= 4 is 5.91 Å². The van der Waals surface area contributed by atoms with Crippen LogP contribution in [0.3, 0.4) is 0 Å². The molecule has 1 aromatic rings. The van der Waals surface area contributed by atoms with Gasteiger partial charge in [0.25, 0.3) is 0 Å². The number of morpholine rings is 1. The predicted octanol–water partition coefficient (Wildman–Crippen LogP) is 1.09. The molecule has 0 aliphatic carbocycles. The van der Waals surface area contributed by atoms with E-state index in [-0.39, 0.29) is 5.91 Å². The molecule has 1 atom stereocenters. The summed E-state index contributed by atoms with van der Waals surface area (Å²) in [5.74, 6) is 0.0569.